The third-order valence-corrected chi connectivity index (χ3v) is 4.92. The summed E-state index contributed by atoms with van der Waals surface area (Å²) in [5.74, 6) is 0.780. The summed E-state index contributed by atoms with van der Waals surface area (Å²) in [7, 11) is 2.01. The highest BCUT2D eigenvalue weighted by molar-refractivity contribution is 5.27. The Balaban J connectivity index is 1.36. The number of ether oxygens (including phenoxy) is 1. The van der Waals surface area contributed by atoms with Crippen LogP contribution in [0.15, 0.2) is 78.9 Å². The van der Waals surface area contributed by atoms with Crippen molar-refractivity contribution in [2.75, 3.05) is 20.2 Å². The molecular weight excluding hydrogens is 372 g/mol. The molecule has 4 nitrogen and oxygen atoms in total. The molecule has 4 heteroatoms. The molecule has 3 rings (SSSR count). The maximum atomic E-state index is 10.3. The van der Waals surface area contributed by atoms with Gasteiger partial charge in [0.2, 0.25) is 0 Å². The molecule has 0 bridgehead atoms. The molecule has 30 heavy (non-hydrogen) atoms. The molecule has 0 aliphatic rings. The third kappa shape index (κ3) is 7.64. The molecule has 0 aromatic heterocycles. The summed E-state index contributed by atoms with van der Waals surface area (Å²) in [5, 5.41) is 13.8. The van der Waals surface area contributed by atoms with Crippen LogP contribution in [0, 0.1) is 6.92 Å². The Morgan fingerprint density at radius 2 is 1.57 bits per heavy atom. The van der Waals surface area contributed by atoms with Crippen molar-refractivity contribution in [1.29, 1.82) is 0 Å². The Morgan fingerprint density at radius 1 is 0.867 bits per heavy atom. The molecule has 0 heterocycles. The molecule has 1 atom stereocenters. The van der Waals surface area contributed by atoms with Gasteiger partial charge in [0.1, 0.15) is 18.5 Å². The van der Waals surface area contributed by atoms with Crippen molar-refractivity contribution in [1.82, 2.24) is 10.2 Å². The summed E-state index contributed by atoms with van der Waals surface area (Å²) in [5.41, 5.74) is 5.02. The molecule has 158 valence electrons. The molecule has 0 spiro atoms. The highest BCUT2D eigenvalue weighted by Crippen LogP contribution is 2.13. The monoisotopic (exact) mass is 404 g/mol. The summed E-state index contributed by atoms with van der Waals surface area (Å²) in [6.07, 6.45) is -0.533. The quantitative estimate of drug-likeness (QED) is 0.504. The van der Waals surface area contributed by atoms with Crippen molar-refractivity contribution in [3.8, 4) is 5.75 Å². The zero-order valence-corrected chi connectivity index (χ0v) is 17.9. The zero-order valence-electron chi connectivity index (χ0n) is 17.9. The predicted molar refractivity (Wildman–Crippen MR) is 122 cm³/mol. The highest BCUT2D eigenvalue weighted by Gasteiger charge is 2.10. The van der Waals surface area contributed by atoms with Crippen LogP contribution in [0.5, 0.6) is 5.75 Å². The first kappa shape index (κ1) is 22.0. The Kier molecular flexibility index (Phi) is 8.45. The lowest BCUT2D eigenvalue weighted by molar-refractivity contribution is 0.0744. The van der Waals surface area contributed by atoms with E-state index in [2.05, 4.69) is 65.7 Å². The number of nitrogens with zero attached hydrogens (tertiary/aromatic N) is 1. The van der Waals surface area contributed by atoms with Crippen LogP contribution in [0.4, 0.5) is 0 Å². The summed E-state index contributed by atoms with van der Waals surface area (Å²) < 4.78 is 5.76. The van der Waals surface area contributed by atoms with Gasteiger partial charge in [-0.15, -0.1) is 0 Å². The van der Waals surface area contributed by atoms with Gasteiger partial charge in [-0.3, -0.25) is 4.90 Å². The van der Waals surface area contributed by atoms with E-state index < -0.39 is 6.10 Å². The first-order valence-electron chi connectivity index (χ1n) is 10.5. The topological polar surface area (TPSA) is 44.7 Å². The van der Waals surface area contributed by atoms with Crippen LogP contribution < -0.4 is 10.1 Å². The van der Waals surface area contributed by atoms with Crippen molar-refractivity contribution in [2.45, 2.75) is 32.7 Å². The minimum Gasteiger partial charge on any atom is -0.491 e. The van der Waals surface area contributed by atoms with Crippen LogP contribution in [0.3, 0.4) is 0 Å². The van der Waals surface area contributed by atoms with E-state index in [9.17, 15) is 5.11 Å². The van der Waals surface area contributed by atoms with Gasteiger partial charge in [-0.05, 0) is 42.8 Å². The van der Waals surface area contributed by atoms with E-state index in [0.29, 0.717) is 6.54 Å². The molecule has 2 N–H and O–H groups in total. The summed E-state index contributed by atoms with van der Waals surface area (Å²) >= 11 is 0. The minimum atomic E-state index is -0.533. The van der Waals surface area contributed by atoms with Crippen molar-refractivity contribution in [3.63, 3.8) is 0 Å². The van der Waals surface area contributed by atoms with Gasteiger partial charge in [-0.1, -0.05) is 72.3 Å². The van der Waals surface area contributed by atoms with Crippen LogP contribution in [-0.4, -0.2) is 36.3 Å². The van der Waals surface area contributed by atoms with Crippen molar-refractivity contribution in [3.05, 3.63) is 101 Å². The Hall–Kier alpha value is -2.66. The van der Waals surface area contributed by atoms with Crippen molar-refractivity contribution in [2.24, 2.45) is 0 Å². The predicted octanol–water partition coefficient (Wildman–Crippen LogP) is 4.16. The van der Waals surface area contributed by atoms with Gasteiger partial charge >= 0.3 is 0 Å². The van der Waals surface area contributed by atoms with Crippen LogP contribution in [0.1, 0.15) is 22.3 Å². The number of hydrogen-bond acceptors (Lipinski definition) is 4. The summed E-state index contributed by atoms with van der Waals surface area (Å²) in [6, 6.07) is 26.9. The van der Waals surface area contributed by atoms with Crippen LogP contribution in [0.25, 0.3) is 0 Å². The number of aryl methyl sites for hydroxylation is 1. The van der Waals surface area contributed by atoms with Crippen LogP contribution in [-0.2, 0) is 19.6 Å². The fourth-order valence-corrected chi connectivity index (χ4v) is 3.44. The average molecular weight is 405 g/mol. The van der Waals surface area contributed by atoms with Crippen molar-refractivity contribution < 1.29 is 9.84 Å². The molecule has 0 aliphatic heterocycles. The second kappa shape index (κ2) is 11.5. The fraction of sp³-hybridized carbons (Fsp3) is 0.308. The molecule has 0 fully saturated rings. The first-order chi connectivity index (χ1) is 14.6. The van der Waals surface area contributed by atoms with E-state index in [1.54, 1.807) is 0 Å². The van der Waals surface area contributed by atoms with Gasteiger partial charge in [0.25, 0.3) is 0 Å². The van der Waals surface area contributed by atoms with Gasteiger partial charge in [0.15, 0.2) is 0 Å². The molecular formula is C26H32N2O2. The van der Waals surface area contributed by atoms with E-state index in [-0.39, 0.29) is 6.61 Å². The number of benzene rings is 3. The average Bonchev–Trinajstić information content (AvgIpc) is 2.74. The Morgan fingerprint density at radius 3 is 2.30 bits per heavy atom. The maximum Gasteiger partial charge on any atom is 0.119 e. The number of likely N-dealkylation sites (N-methyl/N-ethyl adjacent to an activating group) is 1. The van der Waals surface area contributed by atoms with E-state index in [1.807, 2.05) is 37.4 Å². The molecule has 0 saturated heterocycles. The first-order valence-corrected chi connectivity index (χ1v) is 10.5. The van der Waals surface area contributed by atoms with Gasteiger partial charge in [0, 0.05) is 26.2 Å². The number of nitrogens with one attached hydrogen (secondary N) is 1. The van der Waals surface area contributed by atoms with E-state index in [4.69, 9.17) is 4.74 Å². The van der Waals surface area contributed by atoms with Crippen molar-refractivity contribution >= 4 is 0 Å². The summed E-state index contributed by atoms with van der Waals surface area (Å²) in [6.45, 7) is 5.42. The lowest BCUT2D eigenvalue weighted by Gasteiger charge is -2.21. The molecule has 0 amide bonds. The second-order valence-electron chi connectivity index (χ2n) is 7.88. The fourth-order valence-electron chi connectivity index (χ4n) is 3.44. The smallest absolute Gasteiger partial charge is 0.119 e. The standard InChI is InChI=1S/C26H32N2O2/c1-21-7-6-10-24(15-21)17-27-16-22-11-13-26(14-12-22)30-20-25(29)19-28(2)18-23-8-4-3-5-9-23/h3-15,25,27,29H,16-20H2,1-2H3/t25-/m0/s1. The lowest BCUT2D eigenvalue weighted by atomic mass is 10.1. The Labute approximate surface area is 180 Å². The maximum absolute atomic E-state index is 10.3. The molecule has 0 aliphatic carbocycles. The SMILES string of the molecule is Cc1cccc(CNCc2ccc(OC[C@@H](O)CN(C)Cc3ccccc3)cc2)c1. The lowest BCUT2D eigenvalue weighted by Crippen LogP contribution is -2.32. The van der Waals surface area contributed by atoms with E-state index >= 15 is 0 Å². The third-order valence-electron chi connectivity index (χ3n) is 4.92. The number of aliphatic hydroxyl groups is 1. The van der Waals surface area contributed by atoms with Gasteiger partial charge in [-0.25, -0.2) is 0 Å². The molecule has 0 radical (unpaired) electrons. The Bertz CT molecular complexity index is 881. The van der Waals surface area contributed by atoms with Crippen LogP contribution >= 0.6 is 0 Å². The zero-order chi connectivity index (χ0) is 21.2. The van der Waals surface area contributed by atoms with Gasteiger partial charge in [-0.2, -0.15) is 0 Å². The van der Waals surface area contributed by atoms with E-state index in [1.165, 1.54) is 22.3 Å². The minimum absolute atomic E-state index is 0.282. The van der Waals surface area contributed by atoms with Gasteiger partial charge in [0.05, 0.1) is 0 Å². The largest absolute Gasteiger partial charge is 0.491 e. The molecule has 3 aromatic carbocycles. The summed E-state index contributed by atoms with van der Waals surface area (Å²) in [4.78, 5) is 2.10. The number of rotatable bonds is 11. The molecule has 0 saturated carbocycles. The number of hydrogen-bond donors (Lipinski definition) is 2. The molecule has 0 unspecified atom stereocenters. The van der Waals surface area contributed by atoms with Gasteiger partial charge < -0.3 is 15.2 Å². The van der Waals surface area contributed by atoms with Crippen LogP contribution in [0.2, 0.25) is 0 Å². The number of aliphatic hydroxyl groups excluding tert-OH is 1. The molecule has 3 aromatic rings. The second-order valence-corrected chi connectivity index (χ2v) is 7.88. The van der Waals surface area contributed by atoms with E-state index in [0.717, 1.165) is 25.4 Å². The normalized spacial score (nSPS) is 12.1. The highest BCUT2D eigenvalue weighted by atomic mass is 16.5.